The molecule has 1 unspecified atom stereocenters. The van der Waals surface area contributed by atoms with Gasteiger partial charge in [-0.2, -0.15) is 5.26 Å². The Bertz CT molecular complexity index is 1260. The Hall–Kier alpha value is -4.12. The second-order valence-electron chi connectivity index (χ2n) is 7.13. The van der Waals surface area contributed by atoms with Crippen molar-refractivity contribution in [2.24, 2.45) is 7.05 Å². The number of aromatic nitrogens is 2. The van der Waals surface area contributed by atoms with Crippen LogP contribution in [0.15, 0.2) is 91.4 Å². The Balaban J connectivity index is 1.60. The summed E-state index contributed by atoms with van der Waals surface area (Å²) in [6, 6.07) is 27.6. The number of hydrogen-bond acceptors (Lipinski definition) is 3. The van der Waals surface area contributed by atoms with E-state index >= 15 is 0 Å². The lowest BCUT2D eigenvalue weighted by atomic mass is 10.0. The first-order valence-corrected chi connectivity index (χ1v) is 9.97. The zero-order chi connectivity index (χ0) is 21.5. The van der Waals surface area contributed by atoms with Gasteiger partial charge in [-0.1, -0.05) is 60.4 Å². The van der Waals surface area contributed by atoms with Gasteiger partial charge in [0.15, 0.2) is 0 Å². The van der Waals surface area contributed by atoms with Crippen LogP contribution < -0.4 is 0 Å². The Morgan fingerprint density at radius 2 is 1.65 bits per heavy atom. The summed E-state index contributed by atoms with van der Waals surface area (Å²) in [5, 5.41) is 9.10. The van der Waals surface area contributed by atoms with Gasteiger partial charge in [-0.3, -0.25) is 0 Å². The van der Waals surface area contributed by atoms with Crippen molar-refractivity contribution in [3.8, 4) is 17.9 Å². The van der Waals surface area contributed by atoms with Crippen molar-refractivity contribution < 1.29 is 4.74 Å². The summed E-state index contributed by atoms with van der Waals surface area (Å²) in [6.07, 6.45) is 3.26. The summed E-state index contributed by atoms with van der Waals surface area (Å²) in [5.74, 6) is 6.49. The van der Waals surface area contributed by atoms with Crippen molar-refractivity contribution in [3.63, 3.8) is 0 Å². The van der Waals surface area contributed by atoms with Crippen LogP contribution in [-0.4, -0.2) is 9.55 Å². The predicted molar refractivity (Wildman–Crippen MR) is 120 cm³/mol. The van der Waals surface area contributed by atoms with Crippen molar-refractivity contribution in [1.29, 1.82) is 5.26 Å². The van der Waals surface area contributed by atoms with E-state index in [1.807, 2.05) is 84.5 Å². The Morgan fingerprint density at radius 1 is 0.903 bits per heavy atom. The molecule has 4 heteroatoms. The maximum absolute atomic E-state index is 9.10. The Labute approximate surface area is 182 Å². The fourth-order valence-corrected chi connectivity index (χ4v) is 3.31. The Morgan fingerprint density at radius 3 is 2.35 bits per heavy atom. The van der Waals surface area contributed by atoms with Gasteiger partial charge >= 0.3 is 0 Å². The third-order valence-electron chi connectivity index (χ3n) is 5.00. The Kier molecular flexibility index (Phi) is 6.24. The standard InChI is InChI=1S/C27H21N3O/c1-30-20-29-18-26(30)27(24-15-12-22(17-28)13-16-24)31-19-25-10-6-5-9-23(25)14-11-21-7-3-2-4-8-21/h2-10,12-13,15-16,18,20,27H,19H2,1H3. The number of rotatable bonds is 5. The van der Waals surface area contributed by atoms with E-state index in [1.165, 1.54) is 0 Å². The van der Waals surface area contributed by atoms with Crippen LogP contribution in [0.3, 0.4) is 0 Å². The van der Waals surface area contributed by atoms with Crippen LogP contribution in [0.2, 0.25) is 0 Å². The molecule has 1 heterocycles. The molecule has 1 aromatic heterocycles. The highest BCUT2D eigenvalue weighted by Crippen LogP contribution is 2.27. The quantitative estimate of drug-likeness (QED) is 0.441. The maximum atomic E-state index is 9.10. The predicted octanol–water partition coefficient (Wildman–Crippen LogP) is 5.00. The second-order valence-corrected chi connectivity index (χ2v) is 7.13. The van der Waals surface area contributed by atoms with E-state index in [0.29, 0.717) is 12.2 Å². The molecule has 0 amide bonds. The van der Waals surface area contributed by atoms with Gasteiger partial charge in [-0.05, 0) is 41.5 Å². The number of nitrogens with zero attached hydrogens (tertiary/aromatic N) is 3. The minimum Gasteiger partial charge on any atom is -0.362 e. The van der Waals surface area contributed by atoms with E-state index in [2.05, 4.69) is 22.9 Å². The van der Waals surface area contributed by atoms with Crippen LogP contribution in [0.4, 0.5) is 0 Å². The third kappa shape index (κ3) is 4.90. The molecular formula is C27H21N3O. The lowest BCUT2D eigenvalue weighted by molar-refractivity contribution is 0.0621. The molecule has 0 bridgehead atoms. The fraction of sp³-hybridized carbons (Fsp3) is 0.111. The molecule has 0 aliphatic rings. The van der Waals surface area contributed by atoms with Crippen LogP contribution in [0.1, 0.15) is 39.6 Å². The summed E-state index contributed by atoms with van der Waals surface area (Å²) in [6.45, 7) is 0.398. The summed E-state index contributed by atoms with van der Waals surface area (Å²) in [5.41, 5.74) is 5.47. The van der Waals surface area contributed by atoms with Crippen LogP contribution in [0, 0.1) is 23.2 Å². The molecule has 0 fully saturated rings. The smallest absolute Gasteiger partial charge is 0.124 e. The second kappa shape index (κ2) is 9.59. The molecule has 3 aromatic carbocycles. The number of hydrogen-bond donors (Lipinski definition) is 0. The molecule has 4 aromatic rings. The number of nitriles is 1. The molecule has 0 aliphatic carbocycles. The van der Waals surface area contributed by atoms with Gasteiger partial charge in [-0.15, -0.1) is 0 Å². The largest absolute Gasteiger partial charge is 0.362 e. The van der Waals surface area contributed by atoms with Crippen molar-refractivity contribution in [2.45, 2.75) is 12.7 Å². The molecule has 0 aliphatic heterocycles. The highest BCUT2D eigenvalue weighted by atomic mass is 16.5. The summed E-state index contributed by atoms with van der Waals surface area (Å²) >= 11 is 0. The SMILES string of the molecule is Cn1cncc1C(OCc1ccccc1C#Cc1ccccc1)c1ccc(C#N)cc1. The molecule has 31 heavy (non-hydrogen) atoms. The number of imidazole rings is 1. The molecule has 150 valence electrons. The van der Waals surface area contributed by atoms with Crippen LogP contribution in [-0.2, 0) is 18.4 Å². The monoisotopic (exact) mass is 403 g/mol. The third-order valence-corrected chi connectivity index (χ3v) is 5.00. The van der Waals surface area contributed by atoms with Gasteiger partial charge in [0.05, 0.1) is 36.5 Å². The molecule has 0 radical (unpaired) electrons. The molecular weight excluding hydrogens is 382 g/mol. The lowest BCUT2D eigenvalue weighted by Crippen LogP contribution is -2.11. The molecule has 0 saturated carbocycles. The highest BCUT2D eigenvalue weighted by molar-refractivity contribution is 5.46. The average molecular weight is 403 g/mol. The molecule has 0 spiro atoms. The van der Waals surface area contributed by atoms with Gasteiger partial charge in [0, 0.05) is 18.2 Å². The van der Waals surface area contributed by atoms with E-state index in [1.54, 1.807) is 18.5 Å². The first-order chi connectivity index (χ1) is 15.2. The molecule has 4 rings (SSSR count). The van der Waals surface area contributed by atoms with Gasteiger partial charge in [-0.25, -0.2) is 4.98 Å². The van der Waals surface area contributed by atoms with Gasteiger partial charge < -0.3 is 9.30 Å². The minimum absolute atomic E-state index is 0.310. The van der Waals surface area contributed by atoms with Crippen molar-refractivity contribution in [1.82, 2.24) is 9.55 Å². The lowest BCUT2D eigenvalue weighted by Gasteiger charge is -2.19. The van der Waals surface area contributed by atoms with E-state index < -0.39 is 0 Å². The highest BCUT2D eigenvalue weighted by Gasteiger charge is 2.19. The van der Waals surface area contributed by atoms with E-state index in [-0.39, 0.29) is 6.10 Å². The van der Waals surface area contributed by atoms with Crippen molar-refractivity contribution in [2.75, 3.05) is 0 Å². The molecule has 0 saturated heterocycles. The number of ether oxygens (including phenoxy) is 1. The first-order valence-electron chi connectivity index (χ1n) is 9.97. The zero-order valence-electron chi connectivity index (χ0n) is 17.2. The normalized spacial score (nSPS) is 11.2. The maximum Gasteiger partial charge on any atom is 0.124 e. The first kappa shape index (κ1) is 20.2. The average Bonchev–Trinajstić information content (AvgIpc) is 3.25. The van der Waals surface area contributed by atoms with E-state index in [0.717, 1.165) is 27.9 Å². The summed E-state index contributed by atoms with van der Waals surface area (Å²) in [4.78, 5) is 4.25. The van der Waals surface area contributed by atoms with Gasteiger partial charge in [0.2, 0.25) is 0 Å². The number of benzene rings is 3. The zero-order valence-corrected chi connectivity index (χ0v) is 17.2. The van der Waals surface area contributed by atoms with Crippen LogP contribution in [0.25, 0.3) is 0 Å². The van der Waals surface area contributed by atoms with Crippen LogP contribution in [0.5, 0.6) is 0 Å². The summed E-state index contributed by atoms with van der Waals surface area (Å²) in [7, 11) is 1.95. The molecule has 1 atom stereocenters. The van der Waals surface area contributed by atoms with Crippen molar-refractivity contribution >= 4 is 0 Å². The van der Waals surface area contributed by atoms with E-state index in [4.69, 9.17) is 10.00 Å². The van der Waals surface area contributed by atoms with Gasteiger partial charge in [0.25, 0.3) is 0 Å². The molecule has 4 nitrogen and oxygen atoms in total. The van der Waals surface area contributed by atoms with Crippen molar-refractivity contribution in [3.05, 3.63) is 125 Å². The topological polar surface area (TPSA) is 50.8 Å². The molecule has 0 N–H and O–H groups in total. The van der Waals surface area contributed by atoms with Crippen LogP contribution >= 0.6 is 0 Å². The fourth-order valence-electron chi connectivity index (χ4n) is 3.31. The minimum atomic E-state index is -0.310. The number of aryl methyl sites for hydroxylation is 1. The van der Waals surface area contributed by atoms with E-state index in [9.17, 15) is 0 Å². The summed E-state index contributed by atoms with van der Waals surface area (Å²) < 4.78 is 8.34. The van der Waals surface area contributed by atoms with Gasteiger partial charge in [0.1, 0.15) is 6.10 Å².